The monoisotopic (exact) mass is 333 g/mol. The molecule has 1 fully saturated rings. The molecule has 124 valence electrons. The highest BCUT2D eigenvalue weighted by molar-refractivity contribution is 7.71. The number of aromatic hydroxyl groups is 1. The zero-order valence-corrected chi connectivity index (χ0v) is 14.1. The molecule has 2 aromatic carbocycles. The van der Waals surface area contributed by atoms with Crippen LogP contribution >= 0.6 is 0 Å². The number of phenols is 1. The predicted molar refractivity (Wildman–Crippen MR) is 95.6 cm³/mol. The van der Waals surface area contributed by atoms with Gasteiger partial charge in [0.05, 0.1) is 10.4 Å². The summed E-state index contributed by atoms with van der Waals surface area (Å²) in [5.74, 6) is 0.306. The van der Waals surface area contributed by atoms with Gasteiger partial charge in [0.1, 0.15) is 5.75 Å². The van der Waals surface area contributed by atoms with Gasteiger partial charge in [-0.15, -0.1) is 0 Å². The van der Waals surface area contributed by atoms with Crippen molar-refractivity contribution in [1.82, 2.24) is 0 Å². The largest absolute Gasteiger partial charge is 0.508 e. The molecule has 0 unspecified atom stereocenters. The first-order valence-corrected chi connectivity index (χ1v) is 8.61. The minimum atomic E-state index is -1.61. The highest BCUT2D eigenvalue weighted by Crippen LogP contribution is 2.21. The molecule has 2 aromatic rings. The van der Waals surface area contributed by atoms with Crippen molar-refractivity contribution >= 4 is 10.4 Å². The number of phenolic OH excluding ortho intramolecular Hbond substituents is 1. The Morgan fingerprint density at radius 1 is 1.00 bits per heavy atom. The molecule has 0 atom stereocenters. The molecule has 1 heterocycles. The van der Waals surface area contributed by atoms with E-state index in [0.29, 0.717) is 5.75 Å². The van der Waals surface area contributed by atoms with E-state index in [4.69, 9.17) is 14.1 Å². The van der Waals surface area contributed by atoms with Gasteiger partial charge in [-0.1, -0.05) is 47.6 Å². The molecule has 0 saturated carbocycles. The number of hydrogen-bond donors (Lipinski definition) is 2. The van der Waals surface area contributed by atoms with E-state index in [1.165, 1.54) is 24.0 Å². The molecule has 0 amide bonds. The maximum Gasteiger partial charge on any atom is 0.115 e. The number of benzene rings is 2. The third-order valence-electron chi connectivity index (χ3n) is 3.08. The lowest BCUT2D eigenvalue weighted by Crippen LogP contribution is -1.80. The van der Waals surface area contributed by atoms with Crippen molar-refractivity contribution < 1.29 is 14.1 Å². The smallest absolute Gasteiger partial charge is 0.115 e. The standard InChI is InChI=1S/C13H12O.C4H8O.CH3NOS/c1-10-2-4-11(5-3-10)12-6-8-13(14)9-7-12;1-2-4-5-3-1;1-4(2)3/h2-9,14H,1H3;1-4H2;1H,(H2,2,3). The third-order valence-corrected chi connectivity index (χ3v) is 3.08. The van der Waals surface area contributed by atoms with E-state index < -0.39 is 10.4 Å². The summed E-state index contributed by atoms with van der Waals surface area (Å²) in [4.78, 5) is 0. The van der Waals surface area contributed by atoms with Crippen LogP contribution in [0.1, 0.15) is 18.4 Å². The Morgan fingerprint density at radius 2 is 1.39 bits per heavy atom. The molecule has 0 spiro atoms. The van der Waals surface area contributed by atoms with E-state index in [1.54, 1.807) is 12.1 Å². The summed E-state index contributed by atoms with van der Waals surface area (Å²) in [7, 11) is -1.61. The zero-order valence-electron chi connectivity index (χ0n) is 13.3. The van der Waals surface area contributed by atoms with Gasteiger partial charge in [0.15, 0.2) is 0 Å². The second-order valence-electron chi connectivity index (χ2n) is 5.06. The van der Waals surface area contributed by atoms with Crippen LogP contribution < -0.4 is 5.14 Å². The van der Waals surface area contributed by atoms with Crippen LogP contribution in [0.4, 0.5) is 0 Å². The van der Waals surface area contributed by atoms with Crippen molar-refractivity contribution in [2.24, 2.45) is 5.14 Å². The van der Waals surface area contributed by atoms with Crippen LogP contribution in [0.2, 0.25) is 0 Å². The summed E-state index contributed by atoms with van der Waals surface area (Å²) in [6, 6.07) is 15.6. The third kappa shape index (κ3) is 8.86. The first kappa shape index (κ1) is 19.0. The van der Waals surface area contributed by atoms with E-state index in [2.05, 4.69) is 42.0 Å². The number of nitrogens with two attached hydrogens (primary N) is 1. The van der Waals surface area contributed by atoms with Crippen LogP contribution in [0.25, 0.3) is 11.1 Å². The molecule has 1 saturated heterocycles. The minimum absolute atomic E-state index is 0.306. The average Bonchev–Trinajstić information content (AvgIpc) is 3.08. The maximum absolute atomic E-state index is 9.15. The molecule has 1 aliphatic heterocycles. The Hall–Kier alpha value is -2.04. The van der Waals surface area contributed by atoms with E-state index in [1.807, 2.05) is 12.1 Å². The van der Waals surface area contributed by atoms with Crippen molar-refractivity contribution in [3.63, 3.8) is 0 Å². The Kier molecular flexibility index (Phi) is 8.80. The normalized spacial score (nSPS) is 12.4. The molecule has 23 heavy (non-hydrogen) atoms. The summed E-state index contributed by atoms with van der Waals surface area (Å²) < 4.78 is 14.1. The van der Waals surface area contributed by atoms with Gasteiger partial charge < -0.3 is 9.84 Å². The Bertz CT molecular complexity index is 636. The minimum Gasteiger partial charge on any atom is -0.508 e. The van der Waals surface area contributed by atoms with Gasteiger partial charge in [0.2, 0.25) is 0 Å². The molecule has 3 rings (SSSR count). The second kappa shape index (κ2) is 10.6. The molecule has 5 heteroatoms. The Morgan fingerprint density at radius 3 is 1.74 bits per heavy atom. The summed E-state index contributed by atoms with van der Waals surface area (Å²) in [5.41, 5.74) is 7.92. The van der Waals surface area contributed by atoms with Gasteiger partial charge in [0.25, 0.3) is 0 Å². The van der Waals surface area contributed by atoms with Crippen LogP contribution in [0.5, 0.6) is 5.75 Å². The highest BCUT2D eigenvalue weighted by atomic mass is 32.2. The van der Waals surface area contributed by atoms with Gasteiger partial charge >= 0.3 is 0 Å². The Balaban J connectivity index is 0.000000242. The lowest BCUT2D eigenvalue weighted by Gasteiger charge is -2.01. The van der Waals surface area contributed by atoms with E-state index in [-0.39, 0.29) is 0 Å². The van der Waals surface area contributed by atoms with Crippen LogP contribution in [0.15, 0.2) is 48.5 Å². The SMILES string of the molecule is C#S(N)=O.C1CCOC1.Cc1ccc(-c2ccc(O)cc2)cc1. The van der Waals surface area contributed by atoms with Gasteiger partial charge in [-0.3, -0.25) is 0 Å². The van der Waals surface area contributed by atoms with Crippen molar-refractivity contribution in [2.45, 2.75) is 19.8 Å². The zero-order chi connectivity index (χ0) is 17.1. The van der Waals surface area contributed by atoms with Crippen molar-refractivity contribution in [1.29, 1.82) is 0 Å². The van der Waals surface area contributed by atoms with Crippen molar-refractivity contribution in [3.05, 3.63) is 54.1 Å². The Labute approximate surface area is 139 Å². The second-order valence-corrected chi connectivity index (χ2v) is 5.72. The molecule has 0 bridgehead atoms. The van der Waals surface area contributed by atoms with Crippen LogP contribution in [-0.2, 0) is 15.1 Å². The molecule has 0 aliphatic carbocycles. The molecule has 1 aliphatic rings. The van der Waals surface area contributed by atoms with Gasteiger partial charge in [-0.2, -0.15) is 0 Å². The first-order chi connectivity index (χ1) is 11.0. The predicted octanol–water partition coefficient (Wildman–Crippen LogP) is 3.36. The fourth-order valence-corrected chi connectivity index (χ4v) is 1.91. The molecule has 0 radical (unpaired) electrons. The number of hydrogen-bond acceptors (Lipinski definition) is 3. The number of ether oxygens (including phenoxy) is 1. The summed E-state index contributed by atoms with van der Waals surface area (Å²) in [5, 5.41) is 13.5. The van der Waals surface area contributed by atoms with Crippen molar-refractivity contribution in [3.8, 4) is 22.6 Å². The maximum atomic E-state index is 9.15. The molecule has 4 nitrogen and oxygen atoms in total. The molecule has 3 N–H and O–H groups in total. The quantitative estimate of drug-likeness (QED) is 0.840. The van der Waals surface area contributed by atoms with Gasteiger partial charge in [-0.05, 0) is 43.0 Å². The molecular weight excluding hydrogens is 310 g/mol. The summed E-state index contributed by atoms with van der Waals surface area (Å²) >= 11 is 0. The van der Waals surface area contributed by atoms with Gasteiger partial charge in [0, 0.05) is 13.2 Å². The molecule has 0 aromatic heterocycles. The van der Waals surface area contributed by atoms with Crippen LogP contribution in [0, 0.1) is 12.6 Å². The van der Waals surface area contributed by atoms with Crippen molar-refractivity contribution in [2.75, 3.05) is 13.2 Å². The van der Waals surface area contributed by atoms with E-state index >= 15 is 0 Å². The summed E-state index contributed by atoms with van der Waals surface area (Å²) in [6.45, 7) is 4.07. The average molecular weight is 333 g/mol. The fourth-order valence-electron chi connectivity index (χ4n) is 1.91. The fraction of sp³-hybridized carbons (Fsp3) is 0.278. The number of rotatable bonds is 1. The first-order valence-electron chi connectivity index (χ1n) is 7.33. The van der Waals surface area contributed by atoms with Crippen LogP contribution in [-0.4, -0.2) is 22.5 Å². The lowest BCUT2D eigenvalue weighted by atomic mass is 10.0. The summed E-state index contributed by atoms with van der Waals surface area (Å²) in [6.07, 6.45) is 2.56. The highest BCUT2D eigenvalue weighted by Gasteiger charge is 1.96. The van der Waals surface area contributed by atoms with Gasteiger partial charge in [-0.25, -0.2) is 9.35 Å². The van der Waals surface area contributed by atoms with Crippen LogP contribution in [0.3, 0.4) is 0 Å². The van der Waals surface area contributed by atoms with E-state index in [9.17, 15) is 0 Å². The number of aryl methyl sites for hydroxylation is 1. The lowest BCUT2D eigenvalue weighted by molar-refractivity contribution is 0.198. The molecular formula is C18H23NO3S. The van der Waals surface area contributed by atoms with E-state index in [0.717, 1.165) is 18.8 Å². The topological polar surface area (TPSA) is 72.6 Å².